The van der Waals surface area contributed by atoms with Gasteiger partial charge in [-0.05, 0) is 36.4 Å². The van der Waals surface area contributed by atoms with Gasteiger partial charge < -0.3 is 9.47 Å². The number of rotatable bonds is 4. The van der Waals surface area contributed by atoms with Crippen LogP contribution in [0.15, 0.2) is 60.7 Å². The molecule has 3 rings (SSSR count). The van der Waals surface area contributed by atoms with Crippen LogP contribution in [-0.4, -0.2) is 18.1 Å². The van der Waals surface area contributed by atoms with Crippen molar-refractivity contribution in [2.45, 2.75) is 0 Å². The molecule has 0 atom stereocenters. The van der Waals surface area contributed by atoms with Crippen LogP contribution < -0.4 is 4.74 Å². The van der Waals surface area contributed by atoms with Crippen LogP contribution in [0.1, 0.15) is 10.4 Å². The fourth-order valence-electron chi connectivity index (χ4n) is 2.23. The molecule has 0 fully saturated rings. The molecule has 0 aliphatic heterocycles. The molecule has 25 heavy (non-hydrogen) atoms. The number of methoxy groups -OCH3 is 1. The van der Waals surface area contributed by atoms with Crippen LogP contribution in [0.4, 0.5) is 0 Å². The standard InChI is InChI=1S/C19H13Cl2NO3/c1-24-19(23)13-5-2-4-12(10-13)16-6-3-7-18(22-16)25-17-9-8-14(20)11-15(17)21/h2-11H,1H3. The summed E-state index contributed by atoms with van der Waals surface area (Å²) in [6.45, 7) is 0. The number of hydrogen-bond acceptors (Lipinski definition) is 4. The summed E-state index contributed by atoms with van der Waals surface area (Å²) in [7, 11) is 1.34. The highest BCUT2D eigenvalue weighted by molar-refractivity contribution is 6.35. The molecule has 1 heterocycles. The quantitative estimate of drug-likeness (QED) is 0.555. The maximum absolute atomic E-state index is 11.7. The van der Waals surface area contributed by atoms with Crippen LogP contribution >= 0.6 is 23.2 Å². The number of carbonyl (C=O) groups is 1. The lowest BCUT2D eigenvalue weighted by atomic mass is 10.1. The minimum atomic E-state index is -0.401. The number of ether oxygens (including phenoxy) is 2. The van der Waals surface area contributed by atoms with E-state index < -0.39 is 5.97 Å². The summed E-state index contributed by atoms with van der Waals surface area (Å²) in [5, 5.41) is 0.922. The number of halogens is 2. The van der Waals surface area contributed by atoms with E-state index in [0.717, 1.165) is 5.56 Å². The Hall–Kier alpha value is -2.56. The van der Waals surface area contributed by atoms with E-state index in [0.29, 0.717) is 32.9 Å². The Balaban J connectivity index is 1.90. The second kappa shape index (κ2) is 7.55. The number of nitrogens with zero attached hydrogens (tertiary/aromatic N) is 1. The third kappa shape index (κ3) is 4.10. The van der Waals surface area contributed by atoms with Gasteiger partial charge in [-0.3, -0.25) is 0 Å². The van der Waals surface area contributed by atoms with Crippen LogP contribution in [0.2, 0.25) is 10.0 Å². The van der Waals surface area contributed by atoms with E-state index in [-0.39, 0.29) is 0 Å². The molecule has 0 saturated carbocycles. The second-order valence-corrected chi connectivity index (χ2v) is 5.95. The van der Waals surface area contributed by atoms with E-state index in [4.69, 9.17) is 32.7 Å². The monoisotopic (exact) mass is 373 g/mol. The number of pyridine rings is 1. The molecule has 1 aromatic heterocycles. The maximum Gasteiger partial charge on any atom is 0.337 e. The zero-order valence-electron chi connectivity index (χ0n) is 13.2. The van der Waals surface area contributed by atoms with Gasteiger partial charge in [0.15, 0.2) is 0 Å². The normalized spacial score (nSPS) is 10.4. The van der Waals surface area contributed by atoms with Gasteiger partial charge in [0.25, 0.3) is 0 Å². The highest BCUT2D eigenvalue weighted by atomic mass is 35.5. The van der Waals surface area contributed by atoms with Crippen molar-refractivity contribution in [3.05, 3.63) is 76.3 Å². The van der Waals surface area contributed by atoms with E-state index in [1.807, 2.05) is 18.2 Å². The molecule has 0 amide bonds. The molecule has 0 saturated heterocycles. The Labute approximate surface area is 154 Å². The number of aromatic nitrogens is 1. The van der Waals surface area contributed by atoms with Crippen LogP contribution in [0.3, 0.4) is 0 Å². The van der Waals surface area contributed by atoms with Gasteiger partial charge in [-0.1, -0.05) is 41.4 Å². The lowest BCUT2D eigenvalue weighted by Gasteiger charge is -2.09. The Morgan fingerprint density at radius 2 is 1.80 bits per heavy atom. The number of benzene rings is 2. The highest BCUT2D eigenvalue weighted by Crippen LogP contribution is 2.31. The van der Waals surface area contributed by atoms with E-state index in [1.54, 1.807) is 42.5 Å². The van der Waals surface area contributed by atoms with Gasteiger partial charge in [-0.25, -0.2) is 9.78 Å². The van der Waals surface area contributed by atoms with Crippen molar-refractivity contribution in [1.29, 1.82) is 0 Å². The molecule has 0 spiro atoms. The van der Waals surface area contributed by atoms with Gasteiger partial charge in [-0.2, -0.15) is 0 Å². The Morgan fingerprint density at radius 3 is 2.56 bits per heavy atom. The van der Waals surface area contributed by atoms with Gasteiger partial charge in [0, 0.05) is 16.7 Å². The third-order valence-electron chi connectivity index (χ3n) is 3.41. The Bertz CT molecular complexity index is 928. The van der Waals surface area contributed by atoms with E-state index in [1.165, 1.54) is 7.11 Å². The predicted octanol–water partition coefficient (Wildman–Crippen LogP) is 5.63. The van der Waals surface area contributed by atoms with E-state index in [9.17, 15) is 4.79 Å². The smallest absolute Gasteiger partial charge is 0.337 e. The largest absolute Gasteiger partial charge is 0.465 e. The molecule has 3 aromatic rings. The molecule has 2 aromatic carbocycles. The topological polar surface area (TPSA) is 48.4 Å². The molecular weight excluding hydrogens is 361 g/mol. The summed E-state index contributed by atoms with van der Waals surface area (Å²) in [6, 6.07) is 17.3. The van der Waals surface area contributed by atoms with Gasteiger partial charge in [0.1, 0.15) is 5.75 Å². The molecule has 4 nitrogen and oxygen atoms in total. The van der Waals surface area contributed by atoms with Gasteiger partial charge >= 0.3 is 5.97 Å². The van der Waals surface area contributed by atoms with E-state index in [2.05, 4.69) is 4.98 Å². The first-order valence-corrected chi connectivity index (χ1v) is 8.11. The highest BCUT2D eigenvalue weighted by Gasteiger charge is 2.09. The Kier molecular flexibility index (Phi) is 5.22. The van der Waals surface area contributed by atoms with Gasteiger partial charge in [-0.15, -0.1) is 0 Å². The second-order valence-electron chi connectivity index (χ2n) is 5.11. The van der Waals surface area contributed by atoms with Gasteiger partial charge in [0.05, 0.1) is 23.4 Å². The Morgan fingerprint density at radius 1 is 1.00 bits per heavy atom. The first-order chi connectivity index (χ1) is 12.1. The minimum Gasteiger partial charge on any atom is -0.465 e. The molecule has 0 aliphatic carbocycles. The average molecular weight is 374 g/mol. The summed E-state index contributed by atoms with van der Waals surface area (Å²) in [5.41, 5.74) is 1.89. The van der Waals surface area contributed by atoms with Crippen LogP contribution in [0, 0.1) is 0 Å². The fourth-order valence-corrected chi connectivity index (χ4v) is 2.67. The van der Waals surface area contributed by atoms with Crippen LogP contribution in [0.5, 0.6) is 11.6 Å². The summed E-state index contributed by atoms with van der Waals surface area (Å²) < 4.78 is 10.5. The lowest BCUT2D eigenvalue weighted by Crippen LogP contribution is -2.01. The molecule has 0 bridgehead atoms. The molecule has 6 heteroatoms. The molecule has 126 valence electrons. The predicted molar refractivity (Wildman–Crippen MR) is 97.5 cm³/mol. The lowest BCUT2D eigenvalue weighted by molar-refractivity contribution is 0.0601. The summed E-state index contributed by atoms with van der Waals surface area (Å²) in [5.74, 6) is 0.437. The zero-order chi connectivity index (χ0) is 17.8. The van der Waals surface area contributed by atoms with Crippen molar-refractivity contribution in [2.75, 3.05) is 7.11 Å². The summed E-state index contributed by atoms with van der Waals surface area (Å²) >= 11 is 12.0. The fraction of sp³-hybridized carbons (Fsp3) is 0.0526. The van der Waals surface area contributed by atoms with Crippen molar-refractivity contribution >= 4 is 29.2 Å². The summed E-state index contributed by atoms with van der Waals surface area (Å²) in [6.07, 6.45) is 0. The molecular formula is C19H13Cl2NO3. The van der Waals surface area contributed by atoms with Crippen LogP contribution in [-0.2, 0) is 4.74 Å². The average Bonchev–Trinajstić information content (AvgIpc) is 2.64. The zero-order valence-corrected chi connectivity index (χ0v) is 14.7. The minimum absolute atomic E-state index is 0.380. The van der Waals surface area contributed by atoms with Crippen molar-refractivity contribution in [2.24, 2.45) is 0 Å². The number of esters is 1. The number of carbonyl (C=O) groups excluding carboxylic acids is 1. The summed E-state index contributed by atoms with van der Waals surface area (Å²) in [4.78, 5) is 16.1. The van der Waals surface area contributed by atoms with Crippen molar-refractivity contribution in [3.8, 4) is 22.9 Å². The first kappa shape index (κ1) is 17.3. The van der Waals surface area contributed by atoms with E-state index >= 15 is 0 Å². The first-order valence-electron chi connectivity index (χ1n) is 7.35. The molecule has 0 aliphatic rings. The third-order valence-corrected chi connectivity index (χ3v) is 3.94. The molecule has 0 N–H and O–H groups in total. The van der Waals surface area contributed by atoms with Crippen molar-refractivity contribution < 1.29 is 14.3 Å². The SMILES string of the molecule is COC(=O)c1cccc(-c2cccc(Oc3ccc(Cl)cc3Cl)n2)c1. The number of hydrogen-bond donors (Lipinski definition) is 0. The van der Waals surface area contributed by atoms with Crippen LogP contribution in [0.25, 0.3) is 11.3 Å². The van der Waals surface area contributed by atoms with Crippen molar-refractivity contribution in [3.63, 3.8) is 0 Å². The molecule has 0 unspecified atom stereocenters. The molecule has 0 radical (unpaired) electrons. The maximum atomic E-state index is 11.7. The van der Waals surface area contributed by atoms with Crippen molar-refractivity contribution in [1.82, 2.24) is 4.98 Å². The van der Waals surface area contributed by atoms with Gasteiger partial charge in [0.2, 0.25) is 5.88 Å².